The molecule has 1 aliphatic rings. The Bertz CT molecular complexity index is 865. The Morgan fingerprint density at radius 3 is 2.80 bits per heavy atom. The van der Waals surface area contributed by atoms with Crippen molar-refractivity contribution in [2.24, 2.45) is 0 Å². The summed E-state index contributed by atoms with van der Waals surface area (Å²) < 4.78 is 0. The number of aromatic nitrogens is 3. The summed E-state index contributed by atoms with van der Waals surface area (Å²) in [6.45, 7) is 2.94. The average Bonchev–Trinajstić information content (AvgIpc) is 3.05. The van der Waals surface area contributed by atoms with Crippen LogP contribution in [-0.2, 0) is 6.54 Å². The first-order valence-corrected chi connectivity index (χ1v) is 8.60. The summed E-state index contributed by atoms with van der Waals surface area (Å²) in [5.41, 5.74) is 5.14. The van der Waals surface area contributed by atoms with Crippen molar-refractivity contribution >= 4 is 22.4 Å². The van der Waals surface area contributed by atoms with Gasteiger partial charge in [0.25, 0.3) is 0 Å². The number of benzene rings is 1. The number of hydrogen-bond acceptors (Lipinski definition) is 6. The first-order valence-electron chi connectivity index (χ1n) is 8.60. The summed E-state index contributed by atoms with van der Waals surface area (Å²) >= 11 is 0. The molecule has 2 N–H and O–H groups in total. The average molecular weight is 334 g/mol. The van der Waals surface area contributed by atoms with Gasteiger partial charge < -0.3 is 15.5 Å². The van der Waals surface area contributed by atoms with E-state index < -0.39 is 0 Å². The molecule has 3 aromatic rings. The van der Waals surface area contributed by atoms with Gasteiger partial charge in [0.1, 0.15) is 0 Å². The highest BCUT2D eigenvalue weighted by Crippen LogP contribution is 2.23. The molecule has 1 unspecified atom stereocenters. The lowest BCUT2D eigenvalue weighted by Gasteiger charge is -2.18. The topological polar surface area (TPSA) is 66.0 Å². The number of pyridine rings is 1. The molecule has 6 nitrogen and oxygen atoms in total. The van der Waals surface area contributed by atoms with Crippen LogP contribution in [0.15, 0.2) is 49.1 Å². The third kappa shape index (κ3) is 3.69. The van der Waals surface area contributed by atoms with Crippen LogP contribution < -0.4 is 10.6 Å². The Morgan fingerprint density at radius 2 is 1.96 bits per heavy atom. The van der Waals surface area contributed by atoms with Crippen LogP contribution >= 0.6 is 0 Å². The number of fused-ring (bicyclic) bond motifs is 1. The maximum absolute atomic E-state index is 4.37. The smallest absolute Gasteiger partial charge is 0.0890 e. The van der Waals surface area contributed by atoms with E-state index in [1.807, 2.05) is 24.5 Å². The van der Waals surface area contributed by atoms with E-state index in [2.05, 4.69) is 49.7 Å². The van der Waals surface area contributed by atoms with Gasteiger partial charge in [-0.2, -0.15) is 0 Å². The Labute approximate surface area is 147 Å². The molecule has 0 saturated carbocycles. The van der Waals surface area contributed by atoms with Gasteiger partial charge in [-0.05, 0) is 43.8 Å². The molecule has 1 saturated heterocycles. The molecule has 2 aromatic heterocycles. The first kappa shape index (κ1) is 15.8. The molecule has 1 atom stereocenters. The summed E-state index contributed by atoms with van der Waals surface area (Å²) in [6.07, 6.45) is 8.32. The third-order valence-electron chi connectivity index (χ3n) is 4.59. The summed E-state index contributed by atoms with van der Waals surface area (Å²) in [5, 5.41) is 7.13. The van der Waals surface area contributed by atoms with Crippen molar-refractivity contribution in [2.45, 2.75) is 19.0 Å². The highest BCUT2D eigenvalue weighted by Gasteiger charge is 2.19. The fraction of sp³-hybridized carbons (Fsp3) is 0.316. The van der Waals surface area contributed by atoms with Gasteiger partial charge in [0, 0.05) is 37.7 Å². The molecule has 0 radical (unpaired) electrons. The minimum Gasteiger partial charge on any atom is -0.379 e. The molecule has 0 spiro atoms. The summed E-state index contributed by atoms with van der Waals surface area (Å²) in [7, 11) is 2.16. The molecule has 1 aromatic carbocycles. The van der Waals surface area contributed by atoms with E-state index in [1.54, 1.807) is 12.4 Å². The molecule has 0 amide bonds. The molecule has 128 valence electrons. The molecule has 4 rings (SSSR count). The van der Waals surface area contributed by atoms with Gasteiger partial charge in [0.15, 0.2) is 0 Å². The number of likely N-dealkylation sites (N-methyl/N-ethyl adjacent to an activating group) is 1. The summed E-state index contributed by atoms with van der Waals surface area (Å²) in [5.74, 6) is 0. The number of likely N-dealkylation sites (tertiary alicyclic amines) is 1. The van der Waals surface area contributed by atoms with Gasteiger partial charge in [0.05, 0.1) is 28.6 Å². The van der Waals surface area contributed by atoms with Crippen molar-refractivity contribution < 1.29 is 0 Å². The lowest BCUT2D eigenvalue weighted by Crippen LogP contribution is -2.24. The van der Waals surface area contributed by atoms with Crippen LogP contribution in [0.3, 0.4) is 0 Å². The van der Waals surface area contributed by atoms with E-state index >= 15 is 0 Å². The first-order chi connectivity index (χ1) is 12.3. The van der Waals surface area contributed by atoms with Gasteiger partial charge in [-0.3, -0.25) is 15.0 Å². The molecule has 0 aliphatic carbocycles. The van der Waals surface area contributed by atoms with Crippen LogP contribution in [0.25, 0.3) is 11.0 Å². The highest BCUT2D eigenvalue weighted by atomic mass is 15.2. The van der Waals surface area contributed by atoms with Crippen LogP contribution in [0.5, 0.6) is 0 Å². The molecule has 1 fully saturated rings. The van der Waals surface area contributed by atoms with Crippen LogP contribution in [0.2, 0.25) is 0 Å². The zero-order valence-corrected chi connectivity index (χ0v) is 14.3. The Morgan fingerprint density at radius 1 is 1.08 bits per heavy atom. The van der Waals surface area contributed by atoms with Crippen LogP contribution in [0, 0.1) is 0 Å². The number of anilines is 2. The number of hydrogen-bond donors (Lipinski definition) is 2. The molecule has 6 heteroatoms. The molecule has 1 aliphatic heterocycles. The number of rotatable bonds is 5. The number of nitrogens with zero attached hydrogens (tertiary/aromatic N) is 4. The van der Waals surface area contributed by atoms with E-state index in [0.717, 1.165) is 42.0 Å². The van der Waals surface area contributed by atoms with E-state index in [9.17, 15) is 0 Å². The normalized spacial score (nSPS) is 17.7. The highest BCUT2D eigenvalue weighted by molar-refractivity contribution is 5.74. The minimum absolute atomic E-state index is 0.490. The standard InChI is InChI=1S/C19H22N6/c1-25-9-5-15(13-25)24-17-4-6-20-12-19(17)23-11-14-2-3-16-18(10-14)22-8-7-21-16/h2-4,6-8,10,12,15,23H,5,9,11,13H2,1H3,(H,20,24). The second-order valence-electron chi connectivity index (χ2n) is 6.55. The van der Waals surface area contributed by atoms with Crippen LogP contribution in [-0.4, -0.2) is 46.0 Å². The van der Waals surface area contributed by atoms with Crippen molar-refractivity contribution in [1.29, 1.82) is 0 Å². The van der Waals surface area contributed by atoms with Gasteiger partial charge in [-0.25, -0.2) is 0 Å². The van der Waals surface area contributed by atoms with Crippen LogP contribution in [0.4, 0.5) is 11.4 Å². The zero-order valence-electron chi connectivity index (χ0n) is 14.3. The molecule has 3 heterocycles. The van der Waals surface area contributed by atoms with E-state index in [4.69, 9.17) is 0 Å². The fourth-order valence-electron chi connectivity index (χ4n) is 3.25. The van der Waals surface area contributed by atoms with Crippen molar-refractivity contribution in [3.05, 3.63) is 54.6 Å². The summed E-state index contributed by atoms with van der Waals surface area (Å²) in [4.78, 5) is 15.3. The predicted molar refractivity (Wildman–Crippen MR) is 101 cm³/mol. The van der Waals surface area contributed by atoms with Gasteiger partial charge >= 0.3 is 0 Å². The van der Waals surface area contributed by atoms with Gasteiger partial charge in [-0.15, -0.1) is 0 Å². The van der Waals surface area contributed by atoms with Crippen LogP contribution in [0.1, 0.15) is 12.0 Å². The second kappa shape index (κ2) is 7.03. The fourth-order valence-corrected chi connectivity index (χ4v) is 3.25. The maximum atomic E-state index is 4.37. The predicted octanol–water partition coefficient (Wildman–Crippen LogP) is 2.75. The maximum Gasteiger partial charge on any atom is 0.0890 e. The minimum atomic E-state index is 0.490. The largest absolute Gasteiger partial charge is 0.379 e. The summed E-state index contributed by atoms with van der Waals surface area (Å²) in [6, 6.07) is 8.69. The monoisotopic (exact) mass is 334 g/mol. The van der Waals surface area contributed by atoms with Crippen molar-refractivity contribution in [2.75, 3.05) is 30.8 Å². The lowest BCUT2D eigenvalue weighted by atomic mass is 10.2. The SMILES string of the molecule is CN1CCC(Nc2ccncc2NCc2ccc3nccnc3c2)C1. The molecule has 0 bridgehead atoms. The van der Waals surface area contributed by atoms with E-state index in [1.165, 1.54) is 12.0 Å². The Balaban J connectivity index is 1.46. The second-order valence-corrected chi connectivity index (χ2v) is 6.55. The van der Waals surface area contributed by atoms with Gasteiger partial charge in [-0.1, -0.05) is 6.07 Å². The van der Waals surface area contributed by atoms with Crippen molar-refractivity contribution in [3.63, 3.8) is 0 Å². The quantitative estimate of drug-likeness (QED) is 0.748. The molecular weight excluding hydrogens is 312 g/mol. The third-order valence-corrected chi connectivity index (χ3v) is 4.59. The lowest BCUT2D eigenvalue weighted by molar-refractivity contribution is 0.414. The van der Waals surface area contributed by atoms with E-state index in [-0.39, 0.29) is 0 Å². The number of nitrogens with one attached hydrogen (secondary N) is 2. The van der Waals surface area contributed by atoms with Gasteiger partial charge in [0.2, 0.25) is 0 Å². The Kier molecular flexibility index (Phi) is 4.43. The zero-order chi connectivity index (χ0) is 17.1. The van der Waals surface area contributed by atoms with E-state index in [0.29, 0.717) is 6.04 Å². The molecular formula is C19H22N6. The van der Waals surface area contributed by atoms with Crippen molar-refractivity contribution in [1.82, 2.24) is 19.9 Å². The Hall–Kier alpha value is -2.73. The molecule has 25 heavy (non-hydrogen) atoms. The van der Waals surface area contributed by atoms with Crippen molar-refractivity contribution in [3.8, 4) is 0 Å².